The lowest BCUT2D eigenvalue weighted by Gasteiger charge is -2.34. The fourth-order valence-electron chi connectivity index (χ4n) is 2.17. The number of hydrogen-bond donors (Lipinski definition) is 1. The summed E-state index contributed by atoms with van der Waals surface area (Å²) in [6.45, 7) is 11.0. The summed E-state index contributed by atoms with van der Waals surface area (Å²) < 4.78 is 1.18. The molecule has 0 saturated carbocycles. The quantitative estimate of drug-likeness (QED) is 0.862. The van der Waals surface area contributed by atoms with Crippen LogP contribution in [-0.2, 0) is 0 Å². The number of halogens is 1. The van der Waals surface area contributed by atoms with Crippen LogP contribution in [0.1, 0.15) is 38.6 Å². The molecule has 0 spiro atoms. The standard InChI is InChI=1S/C13H23BrN2S/c1-5-16(8-9(2)3)13(10(4)15)11-6-7-12(14)17-11/h6-7,9-10,13H,5,8,15H2,1-4H3. The molecule has 2 atom stereocenters. The van der Waals surface area contributed by atoms with Crippen LogP contribution in [0, 0.1) is 5.92 Å². The van der Waals surface area contributed by atoms with Gasteiger partial charge in [-0.05, 0) is 47.4 Å². The summed E-state index contributed by atoms with van der Waals surface area (Å²) in [5.74, 6) is 0.666. The molecule has 0 fully saturated rings. The SMILES string of the molecule is CCN(CC(C)C)C(c1ccc(Br)s1)C(C)N. The Morgan fingerprint density at radius 3 is 2.35 bits per heavy atom. The monoisotopic (exact) mass is 318 g/mol. The predicted octanol–water partition coefficient (Wildman–Crippen LogP) is 3.88. The summed E-state index contributed by atoms with van der Waals surface area (Å²) >= 11 is 5.32. The lowest BCUT2D eigenvalue weighted by Crippen LogP contribution is -2.40. The third-order valence-electron chi connectivity index (χ3n) is 2.78. The molecule has 0 bridgehead atoms. The lowest BCUT2D eigenvalue weighted by molar-refractivity contribution is 0.168. The molecule has 4 heteroatoms. The molecular formula is C13H23BrN2S. The number of nitrogens with zero attached hydrogens (tertiary/aromatic N) is 1. The lowest BCUT2D eigenvalue weighted by atomic mass is 10.1. The van der Waals surface area contributed by atoms with Gasteiger partial charge in [0.25, 0.3) is 0 Å². The highest BCUT2D eigenvalue weighted by molar-refractivity contribution is 9.11. The van der Waals surface area contributed by atoms with Crippen LogP contribution in [-0.4, -0.2) is 24.0 Å². The molecule has 1 aromatic heterocycles. The third kappa shape index (κ3) is 4.36. The average Bonchev–Trinajstić information content (AvgIpc) is 2.62. The Labute approximate surface area is 117 Å². The molecule has 0 saturated heterocycles. The van der Waals surface area contributed by atoms with Crippen LogP contribution in [0.15, 0.2) is 15.9 Å². The van der Waals surface area contributed by atoms with Crippen molar-refractivity contribution in [3.63, 3.8) is 0 Å². The molecule has 2 N–H and O–H groups in total. The van der Waals surface area contributed by atoms with Crippen LogP contribution < -0.4 is 5.73 Å². The molecule has 98 valence electrons. The minimum atomic E-state index is 0.152. The molecule has 1 aromatic rings. The first-order chi connectivity index (χ1) is 7.95. The molecule has 0 aromatic carbocycles. The average molecular weight is 319 g/mol. The summed E-state index contributed by atoms with van der Waals surface area (Å²) in [4.78, 5) is 3.84. The second-order valence-electron chi connectivity index (χ2n) is 4.93. The molecule has 0 aliphatic carbocycles. The van der Waals surface area contributed by atoms with Gasteiger partial charge in [-0.2, -0.15) is 0 Å². The minimum Gasteiger partial charge on any atom is -0.326 e. The highest BCUT2D eigenvalue weighted by atomic mass is 79.9. The molecule has 0 radical (unpaired) electrons. The van der Waals surface area contributed by atoms with Gasteiger partial charge in [0, 0.05) is 17.5 Å². The van der Waals surface area contributed by atoms with Crippen molar-refractivity contribution in [1.82, 2.24) is 4.90 Å². The Kier molecular flexibility index (Phi) is 6.13. The Hall–Kier alpha value is 0.1000. The van der Waals surface area contributed by atoms with Crippen LogP contribution in [0.4, 0.5) is 0 Å². The van der Waals surface area contributed by atoms with Crippen LogP contribution in [0.3, 0.4) is 0 Å². The van der Waals surface area contributed by atoms with E-state index in [4.69, 9.17) is 5.73 Å². The van der Waals surface area contributed by atoms with Crippen molar-refractivity contribution >= 4 is 27.3 Å². The first-order valence-corrected chi connectivity index (χ1v) is 7.81. The van der Waals surface area contributed by atoms with Gasteiger partial charge in [-0.1, -0.05) is 20.8 Å². The van der Waals surface area contributed by atoms with Crippen molar-refractivity contribution in [2.24, 2.45) is 11.7 Å². The zero-order chi connectivity index (χ0) is 13.0. The highest BCUT2D eigenvalue weighted by Crippen LogP contribution is 2.32. The van der Waals surface area contributed by atoms with Gasteiger partial charge in [-0.25, -0.2) is 0 Å². The molecule has 0 amide bonds. The van der Waals surface area contributed by atoms with E-state index in [1.165, 1.54) is 8.66 Å². The first-order valence-electron chi connectivity index (χ1n) is 6.20. The van der Waals surface area contributed by atoms with Crippen LogP contribution >= 0.6 is 27.3 Å². The van der Waals surface area contributed by atoms with Gasteiger partial charge >= 0.3 is 0 Å². The zero-order valence-electron chi connectivity index (χ0n) is 11.1. The van der Waals surface area contributed by atoms with Gasteiger partial charge in [-0.15, -0.1) is 11.3 Å². The van der Waals surface area contributed by atoms with Gasteiger partial charge in [0.1, 0.15) is 0 Å². The van der Waals surface area contributed by atoms with Gasteiger partial charge in [0.2, 0.25) is 0 Å². The van der Waals surface area contributed by atoms with E-state index in [-0.39, 0.29) is 6.04 Å². The number of likely N-dealkylation sites (N-methyl/N-ethyl adjacent to an activating group) is 1. The van der Waals surface area contributed by atoms with Crippen molar-refractivity contribution in [2.75, 3.05) is 13.1 Å². The number of rotatable bonds is 6. The fraction of sp³-hybridized carbons (Fsp3) is 0.692. The molecule has 2 nitrogen and oxygen atoms in total. The topological polar surface area (TPSA) is 29.3 Å². The van der Waals surface area contributed by atoms with E-state index in [0.717, 1.165) is 13.1 Å². The number of hydrogen-bond acceptors (Lipinski definition) is 3. The van der Waals surface area contributed by atoms with E-state index >= 15 is 0 Å². The first kappa shape index (κ1) is 15.2. The van der Waals surface area contributed by atoms with Crippen molar-refractivity contribution in [3.8, 4) is 0 Å². The minimum absolute atomic E-state index is 0.152. The molecule has 0 aliphatic rings. The number of nitrogens with two attached hydrogens (primary N) is 1. The Morgan fingerprint density at radius 2 is 2.00 bits per heavy atom. The zero-order valence-corrected chi connectivity index (χ0v) is 13.5. The van der Waals surface area contributed by atoms with E-state index in [1.807, 2.05) is 0 Å². The van der Waals surface area contributed by atoms with E-state index < -0.39 is 0 Å². The fourth-order valence-corrected chi connectivity index (χ4v) is 3.84. The summed E-state index contributed by atoms with van der Waals surface area (Å²) in [6.07, 6.45) is 0. The summed E-state index contributed by atoms with van der Waals surface area (Å²) in [7, 11) is 0. The van der Waals surface area contributed by atoms with E-state index in [2.05, 4.69) is 60.7 Å². The molecule has 1 heterocycles. The molecule has 1 rings (SSSR count). The van der Waals surface area contributed by atoms with E-state index in [0.29, 0.717) is 12.0 Å². The highest BCUT2D eigenvalue weighted by Gasteiger charge is 2.24. The maximum absolute atomic E-state index is 6.18. The molecule has 17 heavy (non-hydrogen) atoms. The van der Waals surface area contributed by atoms with Gasteiger partial charge < -0.3 is 5.73 Å². The second kappa shape index (κ2) is 6.88. The number of thiophene rings is 1. The van der Waals surface area contributed by atoms with Crippen LogP contribution in [0.25, 0.3) is 0 Å². The summed E-state index contributed by atoms with van der Waals surface area (Å²) in [6, 6.07) is 4.78. The van der Waals surface area contributed by atoms with Crippen LogP contribution in [0.5, 0.6) is 0 Å². The van der Waals surface area contributed by atoms with Crippen molar-refractivity contribution < 1.29 is 0 Å². The van der Waals surface area contributed by atoms with Crippen LogP contribution in [0.2, 0.25) is 0 Å². The smallest absolute Gasteiger partial charge is 0.0702 e. The van der Waals surface area contributed by atoms with Gasteiger partial charge in [-0.3, -0.25) is 4.90 Å². The molecule has 0 aliphatic heterocycles. The Morgan fingerprint density at radius 1 is 1.35 bits per heavy atom. The summed E-state index contributed by atoms with van der Waals surface area (Å²) in [5, 5.41) is 0. The normalized spacial score (nSPS) is 15.5. The van der Waals surface area contributed by atoms with Crippen molar-refractivity contribution in [3.05, 3.63) is 20.8 Å². The third-order valence-corrected chi connectivity index (χ3v) is 4.48. The van der Waals surface area contributed by atoms with Gasteiger partial charge in [0.15, 0.2) is 0 Å². The maximum atomic E-state index is 6.18. The van der Waals surface area contributed by atoms with Gasteiger partial charge in [0.05, 0.1) is 9.83 Å². The Bertz CT molecular complexity index is 336. The van der Waals surface area contributed by atoms with Crippen molar-refractivity contribution in [1.29, 1.82) is 0 Å². The largest absolute Gasteiger partial charge is 0.326 e. The predicted molar refractivity (Wildman–Crippen MR) is 80.5 cm³/mol. The molecule has 2 unspecified atom stereocenters. The summed E-state index contributed by atoms with van der Waals surface area (Å²) in [5.41, 5.74) is 6.18. The second-order valence-corrected chi connectivity index (χ2v) is 7.42. The van der Waals surface area contributed by atoms with E-state index in [9.17, 15) is 0 Å². The maximum Gasteiger partial charge on any atom is 0.0702 e. The Balaban J connectivity index is 2.90. The molecular weight excluding hydrogens is 296 g/mol. The van der Waals surface area contributed by atoms with Crippen molar-refractivity contribution in [2.45, 2.75) is 39.8 Å². The van der Waals surface area contributed by atoms with E-state index in [1.54, 1.807) is 11.3 Å².